The summed E-state index contributed by atoms with van der Waals surface area (Å²) in [5.74, 6) is 0. The molecule has 1 fully saturated rings. The van der Waals surface area contributed by atoms with Crippen LogP contribution >= 0.6 is 0 Å². The van der Waals surface area contributed by atoms with Gasteiger partial charge in [-0.25, -0.2) is 13.1 Å². The van der Waals surface area contributed by atoms with Crippen molar-refractivity contribution in [2.45, 2.75) is 31.2 Å². The third kappa shape index (κ3) is 4.03. The summed E-state index contributed by atoms with van der Waals surface area (Å²) in [5, 5.41) is 3.88. The van der Waals surface area contributed by atoms with E-state index in [1.807, 2.05) is 0 Å². The predicted molar refractivity (Wildman–Crippen MR) is 81.2 cm³/mol. The van der Waals surface area contributed by atoms with Gasteiger partial charge in [-0.05, 0) is 18.4 Å². The van der Waals surface area contributed by atoms with E-state index in [1.165, 1.54) is 17.1 Å². The monoisotopic (exact) mass is 315 g/mol. The summed E-state index contributed by atoms with van der Waals surface area (Å²) < 4.78 is 28.2. The third-order valence-corrected chi connectivity index (χ3v) is 5.52. The highest BCUT2D eigenvalue weighted by molar-refractivity contribution is 7.89. The lowest BCUT2D eigenvalue weighted by molar-refractivity contribution is 0.0974. The molecule has 0 amide bonds. The van der Waals surface area contributed by atoms with E-state index in [9.17, 15) is 8.42 Å². The summed E-state index contributed by atoms with van der Waals surface area (Å²) in [6, 6.07) is 0.209. The van der Waals surface area contributed by atoms with Crippen LogP contribution in [0.4, 0.5) is 0 Å². The van der Waals surface area contributed by atoms with Gasteiger partial charge in [0.05, 0.1) is 6.20 Å². The molecule has 0 bridgehead atoms. The van der Waals surface area contributed by atoms with Gasteiger partial charge in [-0.2, -0.15) is 5.10 Å². The quantitative estimate of drug-likeness (QED) is 0.782. The van der Waals surface area contributed by atoms with Crippen molar-refractivity contribution in [3.05, 3.63) is 12.4 Å². The molecular formula is C13H25N5O2S. The molecule has 1 atom stereocenters. The van der Waals surface area contributed by atoms with Gasteiger partial charge in [-0.15, -0.1) is 0 Å². The van der Waals surface area contributed by atoms with Crippen molar-refractivity contribution in [1.29, 1.82) is 0 Å². The SMILES string of the molecule is Cn1cc(S(=O)(=O)NCCN2CCC(N)C(C)(C)C2)cn1. The van der Waals surface area contributed by atoms with Crippen LogP contribution in [0.15, 0.2) is 17.3 Å². The molecular weight excluding hydrogens is 290 g/mol. The molecule has 0 aliphatic carbocycles. The maximum atomic E-state index is 12.1. The van der Waals surface area contributed by atoms with E-state index in [1.54, 1.807) is 7.05 Å². The molecule has 1 saturated heterocycles. The lowest BCUT2D eigenvalue weighted by Crippen LogP contribution is -2.53. The molecule has 0 aromatic carbocycles. The average Bonchev–Trinajstić information content (AvgIpc) is 2.81. The van der Waals surface area contributed by atoms with Gasteiger partial charge in [-0.1, -0.05) is 13.8 Å². The number of rotatable bonds is 5. The summed E-state index contributed by atoms with van der Waals surface area (Å²) in [6.45, 7) is 7.20. The first-order valence-corrected chi connectivity index (χ1v) is 8.65. The maximum Gasteiger partial charge on any atom is 0.243 e. The van der Waals surface area contributed by atoms with E-state index in [0.717, 1.165) is 19.5 Å². The minimum Gasteiger partial charge on any atom is -0.327 e. The maximum absolute atomic E-state index is 12.1. The normalized spacial score (nSPS) is 23.3. The lowest BCUT2D eigenvalue weighted by atomic mass is 9.80. The van der Waals surface area contributed by atoms with E-state index < -0.39 is 10.0 Å². The van der Waals surface area contributed by atoms with Gasteiger partial charge in [0.2, 0.25) is 10.0 Å². The van der Waals surface area contributed by atoms with Gasteiger partial charge in [0.25, 0.3) is 0 Å². The Morgan fingerprint density at radius 3 is 2.81 bits per heavy atom. The number of aryl methyl sites for hydroxylation is 1. The van der Waals surface area contributed by atoms with Crippen molar-refractivity contribution in [3.63, 3.8) is 0 Å². The topological polar surface area (TPSA) is 93.2 Å². The van der Waals surface area contributed by atoms with Crippen molar-refractivity contribution in [2.24, 2.45) is 18.2 Å². The number of aromatic nitrogens is 2. The fraction of sp³-hybridized carbons (Fsp3) is 0.769. The van der Waals surface area contributed by atoms with Crippen LogP contribution in [0, 0.1) is 5.41 Å². The molecule has 7 nitrogen and oxygen atoms in total. The molecule has 1 aromatic rings. The number of nitrogens with one attached hydrogen (secondary N) is 1. The number of likely N-dealkylation sites (tertiary alicyclic amines) is 1. The summed E-state index contributed by atoms with van der Waals surface area (Å²) in [7, 11) is -1.77. The number of piperidine rings is 1. The zero-order chi connectivity index (χ0) is 15.7. The van der Waals surface area contributed by atoms with Gasteiger partial charge < -0.3 is 10.6 Å². The molecule has 1 unspecified atom stereocenters. The number of hydrogen-bond donors (Lipinski definition) is 2. The second-order valence-electron chi connectivity index (χ2n) is 6.41. The number of nitrogens with zero attached hydrogens (tertiary/aromatic N) is 3. The first-order valence-electron chi connectivity index (χ1n) is 7.17. The Hall–Kier alpha value is -0.960. The first kappa shape index (κ1) is 16.4. The Morgan fingerprint density at radius 2 is 2.24 bits per heavy atom. The molecule has 2 heterocycles. The van der Waals surface area contributed by atoms with E-state index in [4.69, 9.17) is 5.73 Å². The third-order valence-electron chi connectivity index (χ3n) is 4.10. The highest BCUT2D eigenvalue weighted by Gasteiger charge is 2.33. The Bertz CT molecular complexity index is 581. The summed E-state index contributed by atoms with van der Waals surface area (Å²) >= 11 is 0. The zero-order valence-electron chi connectivity index (χ0n) is 12.9. The first-order chi connectivity index (χ1) is 9.71. The molecule has 1 aliphatic heterocycles. The van der Waals surface area contributed by atoms with Crippen LogP contribution in [-0.4, -0.2) is 55.3 Å². The largest absolute Gasteiger partial charge is 0.327 e. The fourth-order valence-corrected chi connectivity index (χ4v) is 3.64. The van der Waals surface area contributed by atoms with Crippen LogP contribution < -0.4 is 10.5 Å². The van der Waals surface area contributed by atoms with Gasteiger partial charge >= 0.3 is 0 Å². The molecule has 1 aliphatic rings. The van der Waals surface area contributed by atoms with Gasteiger partial charge in [-0.3, -0.25) is 4.68 Å². The second kappa shape index (κ2) is 6.04. The molecule has 120 valence electrons. The van der Waals surface area contributed by atoms with Crippen molar-refractivity contribution in [2.75, 3.05) is 26.2 Å². The Morgan fingerprint density at radius 1 is 1.52 bits per heavy atom. The van der Waals surface area contributed by atoms with E-state index in [0.29, 0.717) is 13.1 Å². The Labute approximate surface area is 126 Å². The molecule has 0 spiro atoms. The van der Waals surface area contributed by atoms with Crippen molar-refractivity contribution in [3.8, 4) is 0 Å². The van der Waals surface area contributed by atoms with Gasteiger partial charge in [0.15, 0.2) is 0 Å². The van der Waals surface area contributed by atoms with E-state index in [2.05, 4.69) is 28.6 Å². The molecule has 3 N–H and O–H groups in total. The molecule has 8 heteroatoms. The number of hydrogen-bond acceptors (Lipinski definition) is 5. The molecule has 0 saturated carbocycles. The lowest BCUT2D eigenvalue weighted by Gasteiger charge is -2.42. The smallest absolute Gasteiger partial charge is 0.243 e. The van der Waals surface area contributed by atoms with E-state index in [-0.39, 0.29) is 16.4 Å². The van der Waals surface area contributed by atoms with Crippen LogP contribution in [-0.2, 0) is 17.1 Å². The highest BCUT2D eigenvalue weighted by Crippen LogP contribution is 2.27. The van der Waals surface area contributed by atoms with Crippen LogP contribution in [0.5, 0.6) is 0 Å². The highest BCUT2D eigenvalue weighted by atomic mass is 32.2. The summed E-state index contributed by atoms with van der Waals surface area (Å²) in [6.07, 6.45) is 3.79. The fourth-order valence-electron chi connectivity index (χ4n) is 2.63. The number of nitrogens with two attached hydrogens (primary N) is 1. The van der Waals surface area contributed by atoms with Crippen molar-refractivity contribution >= 4 is 10.0 Å². The van der Waals surface area contributed by atoms with Crippen LogP contribution in [0.25, 0.3) is 0 Å². The summed E-state index contributed by atoms with van der Waals surface area (Å²) in [4.78, 5) is 2.46. The minimum atomic E-state index is -3.46. The van der Waals surface area contributed by atoms with Gasteiger partial charge in [0, 0.05) is 38.9 Å². The van der Waals surface area contributed by atoms with Gasteiger partial charge in [0.1, 0.15) is 4.90 Å². The standard InChI is InChI=1S/C13H25N5O2S/c1-13(2)10-18(6-4-12(13)14)7-5-16-21(19,20)11-8-15-17(3)9-11/h8-9,12,16H,4-7,10,14H2,1-3H3. The molecule has 2 rings (SSSR count). The Balaban J connectivity index is 1.85. The van der Waals surface area contributed by atoms with E-state index >= 15 is 0 Å². The van der Waals surface area contributed by atoms with Crippen molar-refractivity contribution in [1.82, 2.24) is 19.4 Å². The summed E-state index contributed by atoms with van der Waals surface area (Å²) in [5.41, 5.74) is 6.17. The molecule has 21 heavy (non-hydrogen) atoms. The zero-order valence-corrected chi connectivity index (χ0v) is 13.7. The average molecular weight is 315 g/mol. The number of sulfonamides is 1. The molecule has 0 radical (unpaired) electrons. The van der Waals surface area contributed by atoms with Crippen molar-refractivity contribution < 1.29 is 8.42 Å². The minimum absolute atomic E-state index is 0.0699. The van der Waals surface area contributed by atoms with Crippen LogP contribution in [0.1, 0.15) is 20.3 Å². The predicted octanol–water partition coefficient (Wildman–Crippen LogP) is -0.242. The van der Waals surface area contributed by atoms with Crippen LogP contribution in [0.3, 0.4) is 0 Å². The second-order valence-corrected chi connectivity index (χ2v) is 8.17. The molecule has 1 aromatic heterocycles. The van der Waals surface area contributed by atoms with Crippen LogP contribution in [0.2, 0.25) is 0 Å². The Kier molecular flexibility index (Phi) is 4.72.